The van der Waals surface area contributed by atoms with Crippen LogP contribution in [0, 0.1) is 0 Å². The molecule has 0 aliphatic heterocycles. The highest BCUT2D eigenvalue weighted by Crippen LogP contribution is 1.97. The molecule has 0 aliphatic rings. The Morgan fingerprint density at radius 3 is 1.74 bits per heavy atom. The molecule has 0 saturated heterocycles. The van der Waals surface area contributed by atoms with E-state index in [1.165, 1.54) is 0 Å². The summed E-state index contributed by atoms with van der Waals surface area (Å²) in [7, 11) is 0. The fourth-order valence-corrected chi connectivity index (χ4v) is 0.832. The molecule has 0 radical (unpaired) electrons. The molecule has 0 saturated carbocycles. The highest BCUT2D eigenvalue weighted by molar-refractivity contribution is 5.93. The van der Waals surface area contributed by atoms with E-state index < -0.39 is 5.91 Å². The third kappa shape index (κ3) is 11.9. The summed E-state index contributed by atoms with van der Waals surface area (Å²) in [6.45, 7) is 17.8. The SMILES string of the molecule is C=CCC(=C)C(N)=O.C=CCNC(=O)C(=C)CC=C. The third-order valence-electron chi connectivity index (χ3n) is 1.86. The minimum atomic E-state index is -0.454. The largest absolute Gasteiger partial charge is 0.366 e. The molecule has 0 aromatic carbocycles. The predicted molar refractivity (Wildman–Crippen MR) is 80.3 cm³/mol. The maximum absolute atomic E-state index is 11.0. The van der Waals surface area contributed by atoms with Crippen LogP contribution in [0.5, 0.6) is 0 Å². The predicted octanol–water partition coefficient (Wildman–Crippen LogP) is 2.02. The number of carbonyl (C=O) groups excluding carboxylic acids is 2. The second-order valence-corrected chi connectivity index (χ2v) is 3.56. The molecule has 104 valence electrons. The summed E-state index contributed by atoms with van der Waals surface area (Å²) in [6, 6.07) is 0. The van der Waals surface area contributed by atoms with Gasteiger partial charge in [0, 0.05) is 17.7 Å². The fraction of sp³-hybridized carbons (Fsp3) is 0.200. The number of primary amides is 1. The summed E-state index contributed by atoms with van der Waals surface area (Å²) >= 11 is 0. The van der Waals surface area contributed by atoms with Crippen molar-refractivity contribution in [2.45, 2.75) is 12.8 Å². The first-order chi connectivity index (χ1) is 8.90. The standard InChI is InChI=1S/C9H13NO.C6H9NO/c1-4-6-8(3)9(11)10-7-5-2;1-3-4-5(2)6(7)8/h4-5H,1-3,6-7H2,(H,10,11);3H,1-2,4H2,(H2,7,8). The molecule has 0 atom stereocenters. The van der Waals surface area contributed by atoms with Crippen LogP contribution < -0.4 is 11.1 Å². The molecule has 3 N–H and O–H groups in total. The van der Waals surface area contributed by atoms with Crippen LogP contribution in [-0.2, 0) is 9.59 Å². The molecule has 0 aromatic heterocycles. The van der Waals surface area contributed by atoms with Crippen LogP contribution >= 0.6 is 0 Å². The lowest BCUT2D eigenvalue weighted by Crippen LogP contribution is -2.24. The Bertz CT molecular complexity index is 382. The first kappa shape index (κ1) is 19.0. The number of carbonyl (C=O) groups is 2. The Hall–Kier alpha value is -2.36. The molecule has 0 heterocycles. The number of allylic oxidation sites excluding steroid dienone is 2. The van der Waals surface area contributed by atoms with Gasteiger partial charge < -0.3 is 11.1 Å². The van der Waals surface area contributed by atoms with Crippen molar-refractivity contribution in [1.82, 2.24) is 5.32 Å². The molecule has 0 unspecified atom stereocenters. The van der Waals surface area contributed by atoms with Crippen LogP contribution in [0.1, 0.15) is 12.8 Å². The van der Waals surface area contributed by atoms with Crippen LogP contribution in [0.4, 0.5) is 0 Å². The Balaban J connectivity index is 0. The molecule has 0 aliphatic carbocycles. The summed E-state index contributed by atoms with van der Waals surface area (Å²) in [5.41, 5.74) is 5.77. The van der Waals surface area contributed by atoms with Crippen LogP contribution in [0.15, 0.2) is 62.3 Å². The first-order valence-corrected chi connectivity index (χ1v) is 5.66. The maximum atomic E-state index is 11.0. The van der Waals surface area contributed by atoms with Crippen molar-refractivity contribution >= 4 is 11.8 Å². The molecular weight excluding hydrogens is 240 g/mol. The topological polar surface area (TPSA) is 72.2 Å². The Morgan fingerprint density at radius 2 is 1.42 bits per heavy atom. The molecule has 4 nitrogen and oxygen atoms in total. The molecule has 4 heteroatoms. The number of rotatable bonds is 8. The smallest absolute Gasteiger partial charge is 0.247 e. The van der Waals surface area contributed by atoms with Crippen LogP contribution in [0.3, 0.4) is 0 Å². The van der Waals surface area contributed by atoms with Crippen molar-refractivity contribution < 1.29 is 9.59 Å². The van der Waals surface area contributed by atoms with Gasteiger partial charge in [0.25, 0.3) is 0 Å². The third-order valence-corrected chi connectivity index (χ3v) is 1.86. The second kappa shape index (κ2) is 12.1. The van der Waals surface area contributed by atoms with Crippen molar-refractivity contribution in [3.8, 4) is 0 Å². The molecule has 2 amide bonds. The average Bonchev–Trinajstić information content (AvgIpc) is 2.37. The van der Waals surface area contributed by atoms with Crippen LogP contribution in [-0.4, -0.2) is 18.4 Å². The van der Waals surface area contributed by atoms with Crippen molar-refractivity contribution in [1.29, 1.82) is 0 Å². The van der Waals surface area contributed by atoms with Crippen molar-refractivity contribution in [2.24, 2.45) is 5.73 Å². The summed E-state index contributed by atoms with van der Waals surface area (Å²) in [5.74, 6) is -0.588. The van der Waals surface area contributed by atoms with Gasteiger partial charge in [-0.15, -0.1) is 19.7 Å². The Kier molecular flexibility index (Phi) is 12.1. The van der Waals surface area contributed by atoms with Crippen molar-refractivity contribution in [3.05, 3.63) is 62.3 Å². The number of hydrogen-bond donors (Lipinski definition) is 2. The normalized spacial score (nSPS) is 8.21. The van der Waals surface area contributed by atoms with Gasteiger partial charge in [-0.25, -0.2) is 0 Å². The second-order valence-electron chi connectivity index (χ2n) is 3.56. The van der Waals surface area contributed by atoms with Gasteiger partial charge in [0.05, 0.1) is 0 Å². The number of hydrogen-bond acceptors (Lipinski definition) is 2. The highest BCUT2D eigenvalue weighted by atomic mass is 16.2. The summed E-state index contributed by atoms with van der Waals surface area (Å²) in [6.07, 6.45) is 5.88. The van der Waals surface area contributed by atoms with E-state index in [4.69, 9.17) is 5.73 Å². The van der Waals surface area contributed by atoms with E-state index in [1.807, 2.05) is 0 Å². The maximum Gasteiger partial charge on any atom is 0.247 e. The van der Waals surface area contributed by atoms with Crippen LogP contribution in [0.25, 0.3) is 0 Å². The highest BCUT2D eigenvalue weighted by Gasteiger charge is 2.01. The van der Waals surface area contributed by atoms with Crippen LogP contribution in [0.2, 0.25) is 0 Å². The number of amides is 2. The van der Waals surface area contributed by atoms with E-state index in [0.717, 1.165) is 0 Å². The van der Waals surface area contributed by atoms with E-state index in [0.29, 0.717) is 30.5 Å². The average molecular weight is 262 g/mol. The van der Waals surface area contributed by atoms with Gasteiger partial charge in [0.2, 0.25) is 11.8 Å². The zero-order valence-corrected chi connectivity index (χ0v) is 11.3. The van der Waals surface area contributed by atoms with E-state index in [1.54, 1.807) is 18.2 Å². The molecule has 0 aromatic rings. The molecule has 0 fully saturated rings. The van der Waals surface area contributed by atoms with Gasteiger partial charge in [0.15, 0.2) is 0 Å². The molecule has 0 rings (SSSR count). The minimum absolute atomic E-state index is 0.134. The number of nitrogens with one attached hydrogen (secondary N) is 1. The fourth-order valence-electron chi connectivity index (χ4n) is 0.832. The van der Waals surface area contributed by atoms with E-state index in [-0.39, 0.29) is 5.91 Å². The minimum Gasteiger partial charge on any atom is -0.366 e. The zero-order valence-electron chi connectivity index (χ0n) is 11.3. The zero-order chi connectivity index (χ0) is 15.3. The van der Waals surface area contributed by atoms with Gasteiger partial charge in [0.1, 0.15) is 0 Å². The van der Waals surface area contributed by atoms with Gasteiger partial charge in [-0.3, -0.25) is 9.59 Å². The van der Waals surface area contributed by atoms with Gasteiger partial charge in [-0.1, -0.05) is 31.4 Å². The monoisotopic (exact) mass is 262 g/mol. The van der Waals surface area contributed by atoms with Gasteiger partial charge in [-0.2, -0.15) is 0 Å². The lowest BCUT2D eigenvalue weighted by molar-refractivity contribution is -0.117. The molecular formula is C15H22N2O2. The summed E-state index contributed by atoms with van der Waals surface area (Å²) < 4.78 is 0. The lowest BCUT2D eigenvalue weighted by atomic mass is 10.2. The molecule has 0 spiro atoms. The molecule has 0 bridgehead atoms. The van der Waals surface area contributed by atoms with Crippen molar-refractivity contribution in [3.63, 3.8) is 0 Å². The van der Waals surface area contributed by atoms with Crippen molar-refractivity contribution in [2.75, 3.05) is 6.54 Å². The molecule has 19 heavy (non-hydrogen) atoms. The Morgan fingerprint density at radius 1 is 0.947 bits per heavy atom. The Labute approximate surface area is 115 Å². The quantitative estimate of drug-likeness (QED) is 0.519. The van der Waals surface area contributed by atoms with Gasteiger partial charge >= 0.3 is 0 Å². The summed E-state index contributed by atoms with van der Waals surface area (Å²) in [4.78, 5) is 21.1. The van der Waals surface area contributed by atoms with E-state index in [9.17, 15) is 9.59 Å². The van der Waals surface area contributed by atoms with E-state index >= 15 is 0 Å². The van der Waals surface area contributed by atoms with Gasteiger partial charge in [-0.05, 0) is 12.8 Å². The lowest BCUT2D eigenvalue weighted by Gasteiger charge is -2.01. The van der Waals surface area contributed by atoms with E-state index in [2.05, 4.69) is 38.2 Å². The summed E-state index contributed by atoms with van der Waals surface area (Å²) in [5, 5.41) is 2.61. The number of nitrogens with two attached hydrogens (primary N) is 1. The first-order valence-electron chi connectivity index (χ1n) is 5.66.